The van der Waals surface area contributed by atoms with Crippen LogP contribution in [0.5, 0.6) is 0 Å². The number of primary amides is 1. The molecule has 0 aliphatic carbocycles. The summed E-state index contributed by atoms with van der Waals surface area (Å²) < 4.78 is 5.11. The summed E-state index contributed by atoms with van der Waals surface area (Å²) in [5.74, 6) is -2.93. The molecule has 1 fully saturated rings. The fraction of sp³-hybridized carbons (Fsp3) is 0.667. The first-order valence-electron chi connectivity index (χ1n) is 7.90. The lowest BCUT2D eigenvalue weighted by Crippen LogP contribution is -2.47. The summed E-state index contributed by atoms with van der Waals surface area (Å²) in [6.45, 7) is 5.21. The van der Waals surface area contributed by atoms with Crippen LogP contribution in [0.4, 0.5) is 9.59 Å². The smallest absolute Gasteiger partial charge is 0.408 e. The minimum absolute atomic E-state index is 0.149. The van der Waals surface area contributed by atoms with Crippen LogP contribution in [0.1, 0.15) is 40.0 Å². The number of imide groups is 1. The van der Waals surface area contributed by atoms with Crippen molar-refractivity contribution in [3.05, 3.63) is 0 Å². The Labute approximate surface area is 145 Å². The molecule has 1 aliphatic rings. The molecule has 25 heavy (non-hydrogen) atoms. The number of hydrogen-bond acceptors (Lipinski definition) is 6. The zero-order valence-corrected chi connectivity index (χ0v) is 14.5. The van der Waals surface area contributed by atoms with Crippen LogP contribution >= 0.6 is 0 Å². The van der Waals surface area contributed by atoms with E-state index < -0.39 is 47.3 Å². The van der Waals surface area contributed by atoms with E-state index in [9.17, 15) is 24.0 Å². The Morgan fingerprint density at radius 3 is 2.44 bits per heavy atom. The first-order valence-corrected chi connectivity index (χ1v) is 7.90. The number of rotatable bonds is 7. The van der Waals surface area contributed by atoms with E-state index in [1.54, 1.807) is 20.8 Å². The van der Waals surface area contributed by atoms with Gasteiger partial charge >= 0.3 is 12.1 Å². The van der Waals surface area contributed by atoms with Crippen molar-refractivity contribution in [3.63, 3.8) is 0 Å². The van der Waals surface area contributed by atoms with E-state index in [0.29, 0.717) is 6.42 Å². The minimum atomic E-state index is -1.14. The predicted octanol–water partition coefficient (Wildman–Crippen LogP) is -0.440. The van der Waals surface area contributed by atoms with Crippen molar-refractivity contribution < 1.29 is 28.7 Å². The van der Waals surface area contributed by atoms with E-state index in [1.165, 1.54) is 0 Å². The average molecular weight is 356 g/mol. The number of hydrogen-bond donors (Lipinski definition) is 4. The van der Waals surface area contributed by atoms with Gasteiger partial charge in [0.05, 0.1) is 6.04 Å². The molecule has 0 spiro atoms. The molecule has 1 rings (SSSR count). The lowest BCUT2D eigenvalue weighted by Gasteiger charge is -2.24. The van der Waals surface area contributed by atoms with Crippen molar-refractivity contribution in [2.45, 2.75) is 51.7 Å². The fourth-order valence-corrected chi connectivity index (χ4v) is 2.28. The largest absolute Gasteiger partial charge is 0.444 e. The number of carbonyl (C=O) groups is 5. The van der Waals surface area contributed by atoms with Gasteiger partial charge in [0, 0.05) is 13.0 Å². The molecular formula is C15H24N4O6. The molecule has 0 aromatic carbocycles. The molecular weight excluding hydrogens is 332 g/mol. The number of urea groups is 1. The maximum absolute atomic E-state index is 12.5. The maximum Gasteiger partial charge on any atom is 0.408 e. The number of nitrogens with one attached hydrogen (secondary N) is 3. The van der Waals surface area contributed by atoms with Crippen LogP contribution in [0.3, 0.4) is 0 Å². The second-order valence-electron chi connectivity index (χ2n) is 6.70. The molecule has 10 heteroatoms. The first kappa shape index (κ1) is 20.4. The number of Topliss-reactive ketones (excluding diaryl/α,β-unsaturated/α-hetero) is 1. The van der Waals surface area contributed by atoms with Crippen LogP contribution in [0.2, 0.25) is 0 Å². The number of amides is 5. The van der Waals surface area contributed by atoms with Crippen LogP contribution in [-0.2, 0) is 19.1 Å². The van der Waals surface area contributed by atoms with Gasteiger partial charge in [0.25, 0.3) is 0 Å². The Kier molecular flexibility index (Phi) is 6.89. The lowest BCUT2D eigenvalue weighted by atomic mass is 9.93. The van der Waals surface area contributed by atoms with Crippen LogP contribution in [0.25, 0.3) is 0 Å². The normalized spacial score (nSPS) is 18.3. The van der Waals surface area contributed by atoms with Crippen molar-refractivity contribution in [2.75, 3.05) is 6.54 Å². The van der Waals surface area contributed by atoms with E-state index in [0.717, 1.165) is 0 Å². The van der Waals surface area contributed by atoms with Crippen LogP contribution < -0.4 is 21.7 Å². The molecule has 5 amide bonds. The molecule has 2 atom stereocenters. The van der Waals surface area contributed by atoms with Gasteiger partial charge in [0.2, 0.25) is 11.8 Å². The molecule has 1 saturated heterocycles. The third-order valence-corrected chi connectivity index (χ3v) is 3.32. The zero-order valence-electron chi connectivity index (χ0n) is 14.5. The summed E-state index contributed by atoms with van der Waals surface area (Å²) in [5, 5.41) is 6.85. The van der Waals surface area contributed by atoms with Crippen molar-refractivity contribution in [1.82, 2.24) is 16.0 Å². The second kappa shape index (κ2) is 8.45. The minimum Gasteiger partial charge on any atom is -0.444 e. The Bertz CT molecular complexity index is 569. The van der Waals surface area contributed by atoms with Gasteiger partial charge in [-0.15, -0.1) is 0 Å². The van der Waals surface area contributed by atoms with Gasteiger partial charge in [-0.05, 0) is 33.6 Å². The standard InChI is InChI=1S/C15H24N4O6/c1-15(2,3)25-14(24)18-9(5-4-6-17-13(16)23)11(21)8-7-10(20)19-12(8)22/h8-9H,4-7H2,1-3H3,(H,18,24)(H3,16,17,23)(H,19,20,22)/t8?,9-/m0/s1. The van der Waals surface area contributed by atoms with Crippen molar-refractivity contribution >= 4 is 29.7 Å². The molecule has 0 radical (unpaired) electrons. The summed E-state index contributed by atoms with van der Waals surface area (Å²) in [5.41, 5.74) is 4.20. The molecule has 140 valence electrons. The molecule has 10 nitrogen and oxygen atoms in total. The van der Waals surface area contributed by atoms with E-state index in [4.69, 9.17) is 10.5 Å². The van der Waals surface area contributed by atoms with Crippen LogP contribution in [0.15, 0.2) is 0 Å². The van der Waals surface area contributed by atoms with Crippen LogP contribution in [0, 0.1) is 5.92 Å². The zero-order chi connectivity index (χ0) is 19.2. The highest BCUT2D eigenvalue weighted by Crippen LogP contribution is 2.17. The maximum atomic E-state index is 12.5. The number of carbonyl (C=O) groups excluding carboxylic acids is 5. The molecule has 0 aromatic heterocycles. The summed E-state index contributed by atoms with van der Waals surface area (Å²) in [6, 6.07) is -1.73. The van der Waals surface area contributed by atoms with Gasteiger partial charge < -0.3 is 21.1 Å². The Balaban J connectivity index is 2.74. The molecule has 0 bridgehead atoms. The Morgan fingerprint density at radius 2 is 1.96 bits per heavy atom. The SMILES string of the molecule is CC(C)(C)OC(=O)N[C@@H](CCCNC(N)=O)C(=O)C1CC(=O)NC1=O. The number of ether oxygens (including phenoxy) is 1. The monoisotopic (exact) mass is 356 g/mol. The van der Waals surface area contributed by atoms with Crippen molar-refractivity contribution in [1.29, 1.82) is 0 Å². The third-order valence-electron chi connectivity index (χ3n) is 3.32. The number of alkyl carbamates (subject to hydrolysis) is 1. The van der Waals surface area contributed by atoms with Gasteiger partial charge in [-0.2, -0.15) is 0 Å². The highest BCUT2D eigenvalue weighted by molar-refractivity contribution is 6.15. The summed E-state index contributed by atoms with van der Waals surface area (Å²) in [6.07, 6.45) is -0.573. The summed E-state index contributed by atoms with van der Waals surface area (Å²) in [7, 11) is 0. The van der Waals surface area contributed by atoms with E-state index in [1.807, 2.05) is 0 Å². The quantitative estimate of drug-likeness (QED) is 0.275. The lowest BCUT2D eigenvalue weighted by molar-refractivity contribution is -0.133. The highest BCUT2D eigenvalue weighted by atomic mass is 16.6. The van der Waals surface area contributed by atoms with Crippen LogP contribution in [-0.4, -0.2) is 47.9 Å². The molecule has 0 saturated carbocycles. The molecule has 1 aliphatic heterocycles. The number of nitrogens with two attached hydrogens (primary N) is 1. The summed E-state index contributed by atoms with van der Waals surface area (Å²) in [4.78, 5) is 58.1. The van der Waals surface area contributed by atoms with Gasteiger partial charge in [-0.25, -0.2) is 9.59 Å². The summed E-state index contributed by atoms with van der Waals surface area (Å²) >= 11 is 0. The average Bonchev–Trinajstić information content (AvgIpc) is 2.78. The van der Waals surface area contributed by atoms with Gasteiger partial charge in [-0.1, -0.05) is 0 Å². The second-order valence-corrected chi connectivity index (χ2v) is 6.70. The molecule has 1 heterocycles. The van der Waals surface area contributed by atoms with Gasteiger partial charge in [-0.3, -0.25) is 19.7 Å². The highest BCUT2D eigenvalue weighted by Gasteiger charge is 2.40. The predicted molar refractivity (Wildman–Crippen MR) is 86.2 cm³/mol. The number of ketones is 1. The van der Waals surface area contributed by atoms with Gasteiger partial charge in [0.15, 0.2) is 5.78 Å². The Morgan fingerprint density at radius 1 is 1.32 bits per heavy atom. The topological polar surface area (TPSA) is 157 Å². The van der Waals surface area contributed by atoms with E-state index >= 15 is 0 Å². The van der Waals surface area contributed by atoms with E-state index in [-0.39, 0.29) is 19.4 Å². The third kappa shape index (κ3) is 7.19. The Hall–Kier alpha value is -2.65. The molecule has 1 unspecified atom stereocenters. The van der Waals surface area contributed by atoms with Gasteiger partial charge in [0.1, 0.15) is 11.5 Å². The van der Waals surface area contributed by atoms with E-state index in [2.05, 4.69) is 16.0 Å². The first-order chi connectivity index (χ1) is 11.5. The molecule has 0 aromatic rings. The van der Waals surface area contributed by atoms with Crippen molar-refractivity contribution in [2.24, 2.45) is 11.7 Å². The molecule has 5 N–H and O–H groups in total. The van der Waals surface area contributed by atoms with Crippen molar-refractivity contribution in [3.8, 4) is 0 Å². The fourth-order valence-electron chi connectivity index (χ4n) is 2.28.